The fourth-order valence-corrected chi connectivity index (χ4v) is 1.89. The Kier molecular flexibility index (Phi) is 2.40. The van der Waals surface area contributed by atoms with Gasteiger partial charge in [-0.2, -0.15) is 5.10 Å². The Morgan fingerprint density at radius 2 is 2.25 bits per heavy atom. The number of nitrogen functional groups attached to an aromatic ring is 1. The molecule has 16 heavy (non-hydrogen) atoms. The molecule has 0 spiro atoms. The van der Waals surface area contributed by atoms with Gasteiger partial charge in [-0.05, 0) is 32.6 Å². The number of aryl methyl sites for hydroxylation is 1. The topological polar surface area (TPSA) is 72.9 Å². The van der Waals surface area contributed by atoms with Crippen LogP contribution in [-0.2, 0) is 7.05 Å². The number of hydrogen-bond donors (Lipinski definition) is 2. The monoisotopic (exact) mass is 222 g/mol. The van der Waals surface area contributed by atoms with Gasteiger partial charge in [0.25, 0.3) is 5.91 Å². The van der Waals surface area contributed by atoms with Gasteiger partial charge in [0.15, 0.2) is 0 Å². The SMILES string of the molecule is Cn1ncc(C(=O)NC(C)(C)C2CC2)c1N. The predicted molar refractivity (Wildman–Crippen MR) is 61.9 cm³/mol. The fraction of sp³-hybridized carbons (Fsp3) is 0.636. The molecule has 3 N–H and O–H groups in total. The Morgan fingerprint density at radius 3 is 2.69 bits per heavy atom. The largest absolute Gasteiger partial charge is 0.383 e. The highest BCUT2D eigenvalue weighted by atomic mass is 16.1. The molecule has 5 heteroatoms. The smallest absolute Gasteiger partial charge is 0.257 e. The summed E-state index contributed by atoms with van der Waals surface area (Å²) in [5.41, 5.74) is 6.06. The Labute approximate surface area is 95.0 Å². The zero-order valence-corrected chi connectivity index (χ0v) is 9.95. The Bertz CT molecular complexity index is 418. The molecule has 1 aromatic rings. The molecule has 1 fully saturated rings. The molecule has 1 aliphatic carbocycles. The van der Waals surface area contributed by atoms with E-state index in [0.717, 1.165) is 0 Å². The van der Waals surface area contributed by atoms with Gasteiger partial charge in [-0.25, -0.2) is 0 Å². The van der Waals surface area contributed by atoms with Crippen molar-refractivity contribution < 1.29 is 4.79 Å². The average molecular weight is 222 g/mol. The molecule has 1 amide bonds. The van der Waals surface area contributed by atoms with E-state index in [1.165, 1.54) is 23.7 Å². The molecule has 1 saturated carbocycles. The predicted octanol–water partition coefficient (Wildman–Crippen LogP) is 0.921. The van der Waals surface area contributed by atoms with Crippen LogP contribution in [-0.4, -0.2) is 21.2 Å². The minimum Gasteiger partial charge on any atom is -0.383 e. The minimum atomic E-state index is -0.153. The van der Waals surface area contributed by atoms with Crippen LogP contribution in [0.5, 0.6) is 0 Å². The van der Waals surface area contributed by atoms with Gasteiger partial charge in [-0.15, -0.1) is 0 Å². The third-order valence-electron chi connectivity index (χ3n) is 3.26. The second-order valence-electron chi connectivity index (χ2n) is 5.02. The molecular weight excluding hydrogens is 204 g/mol. The number of rotatable bonds is 3. The van der Waals surface area contributed by atoms with Crippen LogP contribution < -0.4 is 11.1 Å². The zero-order valence-electron chi connectivity index (χ0n) is 9.95. The number of nitrogens with one attached hydrogen (secondary N) is 1. The summed E-state index contributed by atoms with van der Waals surface area (Å²) in [7, 11) is 1.72. The molecule has 0 bridgehead atoms. The second kappa shape index (κ2) is 3.50. The molecule has 0 radical (unpaired) electrons. The van der Waals surface area contributed by atoms with Gasteiger partial charge < -0.3 is 11.1 Å². The summed E-state index contributed by atoms with van der Waals surface area (Å²) in [5, 5.41) is 6.97. The summed E-state index contributed by atoms with van der Waals surface area (Å²) in [6.45, 7) is 4.10. The van der Waals surface area contributed by atoms with E-state index in [9.17, 15) is 4.79 Å². The number of carbonyl (C=O) groups is 1. The molecule has 2 rings (SSSR count). The summed E-state index contributed by atoms with van der Waals surface area (Å²) in [6, 6.07) is 0. The van der Waals surface area contributed by atoms with Gasteiger partial charge in [0.1, 0.15) is 11.4 Å². The van der Waals surface area contributed by atoms with E-state index in [-0.39, 0.29) is 11.4 Å². The van der Waals surface area contributed by atoms with E-state index in [1.54, 1.807) is 7.05 Å². The Hall–Kier alpha value is -1.52. The van der Waals surface area contributed by atoms with Crippen LogP contribution in [0.2, 0.25) is 0 Å². The van der Waals surface area contributed by atoms with Crippen molar-refractivity contribution in [3.63, 3.8) is 0 Å². The molecule has 1 aliphatic rings. The first-order valence-corrected chi connectivity index (χ1v) is 5.52. The molecule has 0 aliphatic heterocycles. The van der Waals surface area contributed by atoms with Gasteiger partial charge in [-0.1, -0.05) is 0 Å². The quantitative estimate of drug-likeness (QED) is 0.798. The van der Waals surface area contributed by atoms with Crippen LogP contribution in [0, 0.1) is 5.92 Å². The lowest BCUT2D eigenvalue weighted by molar-refractivity contribution is 0.0904. The Morgan fingerprint density at radius 1 is 1.62 bits per heavy atom. The van der Waals surface area contributed by atoms with Gasteiger partial charge in [0.2, 0.25) is 0 Å². The average Bonchev–Trinajstić information content (AvgIpc) is 2.96. The number of anilines is 1. The van der Waals surface area contributed by atoms with Crippen molar-refractivity contribution in [1.82, 2.24) is 15.1 Å². The maximum absolute atomic E-state index is 12.0. The maximum atomic E-state index is 12.0. The first kappa shape index (κ1) is 11.0. The zero-order chi connectivity index (χ0) is 11.9. The molecule has 5 nitrogen and oxygen atoms in total. The number of nitrogens with two attached hydrogens (primary N) is 1. The van der Waals surface area contributed by atoms with Crippen LogP contribution in [0.15, 0.2) is 6.20 Å². The van der Waals surface area contributed by atoms with Crippen LogP contribution >= 0.6 is 0 Å². The Balaban J connectivity index is 2.11. The minimum absolute atomic E-state index is 0.137. The first-order valence-electron chi connectivity index (χ1n) is 5.52. The maximum Gasteiger partial charge on any atom is 0.257 e. The van der Waals surface area contributed by atoms with Gasteiger partial charge in [0.05, 0.1) is 6.20 Å². The fourth-order valence-electron chi connectivity index (χ4n) is 1.89. The first-order chi connectivity index (χ1) is 7.42. The number of aromatic nitrogens is 2. The lowest BCUT2D eigenvalue weighted by atomic mass is 9.98. The van der Waals surface area contributed by atoms with Gasteiger partial charge in [-0.3, -0.25) is 9.48 Å². The summed E-state index contributed by atoms with van der Waals surface area (Å²) in [5.74, 6) is 0.862. The van der Waals surface area contributed by atoms with Crippen molar-refractivity contribution in [3.05, 3.63) is 11.8 Å². The lowest BCUT2D eigenvalue weighted by Crippen LogP contribution is -2.45. The highest BCUT2D eigenvalue weighted by Crippen LogP contribution is 2.39. The standard InChI is InChI=1S/C11H18N4O/c1-11(2,7-4-5-7)14-10(16)8-6-13-15(3)9(8)12/h6-7H,4-5,12H2,1-3H3,(H,14,16). The number of amides is 1. The van der Waals surface area contributed by atoms with Crippen LogP contribution in [0.25, 0.3) is 0 Å². The van der Waals surface area contributed by atoms with Crippen molar-refractivity contribution in [2.45, 2.75) is 32.2 Å². The van der Waals surface area contributed by atoms with Crippen molar-refractivity contribution in [1.29, 1.82) is 0 Å². The lowest BCUT2D eigenvalue weighted by Gasteiger charge is -2.25. The normalized spacial score (nSPS) is 16.2. The summed E-state index contributed by atoms with van der Waals surface area (Å²) in [6.07, 6.45) is 3.89. The van der Waals surface area contributed by atoms with Gasteiger partial charge in [0, 0.05) is 12.6 Å². The molecular formula is C11H18N4O. The summed E-state index contributed by atoms with van der Waals surface area (Å²) < 4.78 is 1.50. The third kappa shape index (κ3) is 1.89. The third-order valence-corrected chi connectivity index (χ3v) is 3.26. The van der Waals surface area contributed by atoms with Crippen molar-refractivity contribution in [2.75, 3.05) is 5.73 Å². The highest BCUT2D eigenvalue weighted by Gasteiger charge is 2.39. The molecule has 1 heterocycles. The number of carbonyl (C=O) groups excluding carboxylic acids is 1. The molecule has 0 atom stereocenters. The van der Waals surface area contributed by atoms with Gasteiger partial charge >= 0.3 is 0 Å². The van der Waals surface area contributed by atoms with E-state index in [2.05, 4.69) is 24.3 Å². The molecule has 0 unspecified atom stereocenters. The van der Waals surface area contributed by atoms with Crippen molar-refractivity contribution in [3.8, 4) is 0 Å². The van der Waals surface area contributed by atoms with E-state index in [0.29, 0.717) is 17.3 Å². The molecule has 88 valence electrons. The molecule has 1 aromatic heterocycles. The van der Waals surface area contributed by atoms with Crippen LogP contribution in [0.1, 0.15) is 37.0 Å². The second-order valence-corrected chi connectivity index (χ2v) is 5.02. The van der Waals surface area contributed by atoms with Crippen molar-refractivity contribution in [2.24, 2.45) is 13.0 Å². The van der Waals surface area contributed by atoms with E-state index in [1.807, 2.05) is 0 Å². The van der Waals surface area contributed by atoms with Crippen LogP contribution in [0.4, 0.5) is 5.82 Å². The van der Waals surface area contributed by atoms with E-state index < -0.39 is 0 Å². The summed E-state index contributed by atoms with van der Waals surface area (Å²) in [4.78, 5) is 12.0. The number of nitrogens with zero attached hydrogens (tertiary/aromatic N) is 2. The number of hydrogen-bond acceptors (Lipinski definition) is 3. The molecule has 0 aromatic carbocycles. The van der Waals surface area contributed by atoms with E-state index in [4.69, 9.17) is 5.73 Å². The molecule has 0 saturated heterocycles. The highest BCUT2D eigenvalue weighted by molar-refractivity contribution is 5.98. The van der Waals surface area contributed by atoms with Crippen LogP contribution in [0.3, 0.4) is 0 Å². The van der Waals surface area contributed by atoms with E-state index >= 15 is 0 Å². The van der Waals surface area contributed by atoms with Crippen molar-refractivity contribution >= 4 is 11.7 Å². The summed E-state index contributed by atoms with van der Waals surface area (Å²) >= 11 is 0.